The molecule has 0 aliphatic carbocycles. The number of halogens is 1. The summed E-state index contributed by atoms with van der Waals surface area (Å²) in [5.74, 6) is 2.38. The maximum atomic E-state index is 11.8. The number of carbonyl (C=O) groups excluding carboxylic acids is 1. The molecule has 2 aromatic rings. The fourth-order valence-corrected chi connectivity index (χ4v) is 3.39. The van der Waals surface area contributed by atoms with Gasteiger partial charge in [-0.05, 0) is 40.5 Å². The zero-order chi connectivity index (χ0) is 17.6. The van der Waals surface area contributed by atoms with Crippen LogP contribution in [0.1, 0.15) is 16.7 Å². The third-order valence-electron chi connectivity index (χ3n) is 3.51. The second kappa shape index (κ2) is 8.40. The molecular formula is C18H17BrN2O3S. The molecule has 0 spiro atoms. The first-order valence-corrected chi connectivity index (χ1v) is 9.61. The summed E-state index contributed by atoms with van der Waals surface area (Å²) in [6.45, 7) is 2.28. The smallest absolute Gasteiger partial charge is 0.250 e. The maximum Gasteiger partial charge on any atom is 0.250 e. The van der Waals surface area contributed by atoms with Crippen molar-refractivity contribution in [2.45, 2.75) is 12.7 Å². The largest absolute Gasteiger partial charge is 0.454 e. The summed E-state index contributed by atoms with van der Waals surface area (Å²) in [6, 6.07) is 11.9. The van der Waals surface area contributed by atoms with Crippen LogP contribution in [0, 0.1) is 6.92 Å². The first-order chi connectivity index (χ1) is 12.1. The van der Waals surface area contributed by atoms with E-state index in [0.717, 1.165) is 15.8 Å². The highest BCUT2D eigenvalue weighted by Crippen LogP contribution is 2.36. The average molecular weight is 421 g/mol. The molecular weight excluding hydrogens is 404 g/mol. The summed E-state index contributed by atoms with van der Waals surface area (Å²) in [6.07, 6.45) is 1.58. The molecule has 5 nitrogen and oxygen atoms in total. The Morgan fingerprint density at radius 2 is 2.00 bits per heavy atom. The topological polar surface area (TPSA) is 59.9 Å². The van der Waals surface area contributed by atoms with E-state index < -0.39 is 0 Å². The Balaban J connectivity index is 1.46. The molecule has 0 unspecified atom stereocenters. The number of aryl methyl sites for hydroxylation is 1. The van der Waals surface area contributed by atoms with Gasteiger partial charge in [0.05, 0.1) is 12.0 Å². The van der Waals surface area contributed by atoms with Gasteiger partial charge in [-0.15, -0.1) is 11.8 Å². The molecule has 1 aliphatic rings. The van der Waals surface area contributed by atoms with Crippen LogP contribution in [-0.4, -0.2) is 24.7 Å². The fourth-order valence-electron chi connectivity index (χ4n) is 2.18. The summed E-state index contributed by atoms with van der Waals surface area (Å²) in [5.41, 5.74) is 5.78. The van der Waals surface area contributed by atoms with Crippen molar-refractivity contribution in [3.05, 3.63) is 57.6 Å². The van der Waals surface area contributed by atoms with Gasteiger partial charge in [-0.3, -0.25) is 4.79 Å². The molecule has 1 heterocycles. The highest BCUT2D eigenvalue weighted by molar-refractivity contribution is 9.10. The van der Waals surface area contributed by atoms with Crippen molar-refractivity contribution in [3.8, 4) is 11.5 Å². The van der Waals surface area contributed by atoms with E-state index in [2.05, 4.69) is 57.6 Å². The van der Waals surface area contributed by atoms with Gasteiger partial charge in [0.25, 0.3) is 0 Å². The van der Waals surface area contributed by atoms with Crippen LogP contribution < -0.4 is 14.9 Å². The number of hydrogen-bond acceptors (Lipinski definition) is 5. The molecule has 25 heavy (non-hydrogen) atoms. The Labute approximate surface area is 158 Å². The van der Waals surface area contributed by atoms with Crippen molar-refractivity contribution >= 4 is 39.8 Å². The lowest BCUT2D eigenvalue weighted by molar-refractivity contribution is -0.118. The predicted octanol–water partition coefficient (Wildman–Crippen LogP) is 3.87. The quantitative estimate of drug-likeness (QED) is 0.568. The van der Waals surface area contributed by atoms with Crippen LogP contribution in [0.3, 0.4) is 0 Å². The number of nitrogens with one attached hydrogen (secondary N) is 1. The molecule has 2 aromatic carbocycles. The zero-order valence-corrected chi connectivity index (χ0v) is 16.0. The van der Waals surface area contributed by atoms with Crippen LogP contribution in [0.25, 0.3) is 0 Å². The normalized spacial score (nSPS) is 12.6. The highest BCUT2D eigenvalue weighted by atomic mass is 79.9. The van der Waals surface area contributed by atoms with Crippen LogP contribution >= 0.6 is 27.7 Å². The Morgan fingerprint density at radius 1 is 1.28 bits per heavy atom. The summed E-state index contributed by atoms with van der Waals surface area (Å²) in [7, 11) is 0. The molecule has 130 valence electrons. The van der Waals surface area contributed by atoms with Gasteiger partial charge in [0.1, 0.15) is 0 Å². The summed E-state index contributed by atoms with van der Waals surface area (Å²) in [4.78, 5) is 11.8. The summed E-state index contributed by atoms with van der Waals surface area (Å²) in [5, 5.41) is 4.00. The minimum atomic E-state index is -0.134. The van der Waals surface area contributed by atoms with Gasteiger partial charge >= 0.3 is 0 Å². The fraction of sp³-hybridized carbons (Fsp3) is 0.222. The Hall–Kier alpha value is -1.99. The number of hydrazone groups is 1. The van der Waals surface area contributed by atoms with Crippen LogP contribution in [-0.2, 0) is 10.5 Å². The Morgan fingerprint density at radius 3 is 2.76 bits per heavy atom. The zero-order valence-electron chi connectivity index (χ0n) is 13.6. The van der Waals surface area contributed by atoms with Crippen LogP contribution in [0.15, 0.2) is 46.0 Å². The monoisotopic (exact) mass is 420 g/mol. The van der Waals surface area contributed by atoms with Crippen LogP contribution in [0.4, 0.5) is 0 Å². The molecule has 0 aromatic heterocycles. The molecule has 0 fully saturated rings. The minimum Gasteiger partial charge on any atom is -0.454 e. The minimum absolute atomic E-state index is 0.134. The van der Waals surface area contributed by atoms with Gasteiger partial charge in [-0.1, -0.05) is 29.8 Å². The van der Waals surface area contributed by atoms with Crippen molar-refractivity contribution < 1.29 is 14.3 Å². The third-order valence-corrected chi connectivity index (χ3v) is 5.20. The number of amides is 1. The number of rotatable bonds is 6. The van der Waals surface area contributed by atoms with Gasteiger partial charge in [-0.2, -0.15) is 5.10 Å². The van der Waals surface area contributed by atoms with Gasteiger partial charge in [0.15, 0.2) is 11.5 Å². The van der Waals surface area contributed by atoms with E-state index in [1.165, 1.54) is 11.1 Å². The number of nitrogens with zero attached hydrogens (tertiary/aromatic N) is 1. The SMILES string of the molecule is Cc1ccc(CSCC(=O)N/N=C\c2cc3c(cc2Br)OCO3)cc1. The molecule has 7 heteroatoms. The van der Waals surface area contributed by atoms with E-state index >= 15 is 0 Å². The molecule has 0 radical (unpaired) electrons. The number of fused-ring (bicyclic) bond motifs is 1. The maximum absolute atomic E-state index is 11.8. The number of benzene rings is 2. The highest BCUT2D eigenvalue weighted by Gasteiger charge is 2.15. The lowest BCUT2D eigenvalue weighted by Gasteiger charge is -2.03. The number of ether oxygens (including phenoxy) is 2. The number of hydrogen-bond donors (Lipinski definition) is 1. The lowest BCUT2D eigenvalue weighted by atomic mass is 10.2. The van der Waals surface area contributed by atoms with Gasteiger partial charge < -0.3 is 9.47 Å². The molecule has 1 amide bonds. The summed E-state index contributed by atoms with van der Waals surface area (Å²) < 4.78 is 11.4. The van der Waals surface area contributed by atoms with Crippen molar-refractivity contribution in [3.63, 3.8) is 0 Å². The van der Waals surface area contributed by atoms with Gasteiger partial charge in [0.2, 0.25) is 12.7 Å². The van der Waals surface area contributed by atoms with E-state index in [-0.39, 0.29) is 12.7 Å². The molecule has 3 rings (SSSR count). The molecule has 1 N–H and O–H groups in total. The van der Waals surface area contributed by atoms with Crippen LogP contribution in [0.5, 0.6) is 11.5 Å². The van der Waals surface area contributed by atoms with Crippen LogP contribution in [0.2, 0.25) is 0 Å². The van der Waals surface area contributed by atoms with Gasteiger partial charge in [-0.25, -0.2) is 5.43 Å². The molecule has 0 bridgehead atoms. The first kappa shape index (κ1) is 17.8. The van der Waals surface area contributed by atoms with Crippen molar-refractivity contribution in [2.75, 3.05) is 12.5 Å². The standard InChI is InChI=1S/C18H17BrN2O3S/c1-12-2-4-13(5-3-12)9-25-10-18(22)21-20-8-14-6-16-17(7-15(14)19)24-11-23-16/h2-8H,9-11H2,1H3,(H,21,22)/b20-8-. The third kappa shape index (κ3) is 4.99. The van der Waals surface area contributed by atoms with E-state index in [0.29, 0.717) is 17.3 Å². The van der Waals surface area contributed by atoms with E-state index in [1.807, 2.05) is 12.1 Å². The average Bonchev–Trinajstić information content (AvgIpc) is 3.04. The molecule has 1 aliphatic heterocycles. The summed E-state index contributed by atoms with van der Waals surface area (Å²) >= 11 is 5.00. The van der Waals surface area contributed by atoms with E-state index in [9.17, 15) is 4.79 Å². The van der Waals surface area contributed by atoms with Crippen molar-refractivity contribution in [1.29, 1.82) is 0 Å². The second-order valence-corrected chi connectivity index (χ2v) is 7.34. The van der Waals surface area contributed by atoms with E-state index in [4.69, 9.17) is 9.47 Å². The lowest BCUT2D eigenvalue weighted by Crippen LogP contribution is -2.19. The van der Waals surface area contributed by atoms with Gasteiger partial charge in [0, 0.05) is 15.8 Å². The number of carbonyl (C=O) groups is 1. The number of thioether (sulfide) groups is 1. The van der Waals surface area contributed by atoms with Crippen molar-refractivity contribution in [1.82, 2.24) is 5.43 Å². The van der Waals surface area contributed by atoms with E-state index in [1.54, 1.807) is 18.0 Å². The Bertz CT molecular complexity index is 794. The molecule has 0 saturated heterocycles. The predicted molar refractivity (Wildman–Crippen MR) is 103 cm³/mol. The Kier molecular flexibility index (Phi) is 5.99. The molecule has 0 saturated carbocycles. The molecule has 0 atom stereocenters. The second-order valence-electron chi connectivity index (χ2n) is 5.50. The van der Waals surface area contributed by atoms with Crippen molar-refractivity contribution in [2.24, 2.45) is 5.10 Å². The first-order valence-electron chi connectivity index (χ1n) is 7.66.